The summed E-state index contributed by atoms with van der Waals surface area (Å²) in [5.41, 5.74) is 1.75. The third-order valence-corrected chi connectivity index (χ3v) is 5.10. The zero-order chi connectivity index (χ0) is 19.8. The molecule has 0 atom stereocenters. The van der Waals surface area contributed by atoms with Crippen molar-refractivity contribution < 1.29 is 14.3 Å². The minimum atomic E-state index is -0.0436. The molecule has 3 rings (SSSR count). The number of hydrogen-bond acceptors (Lipinski definition) is 3. The van der Waals surface area contributed by atoms with Gasteiger partial charge in [0.1, 0.15) is 5.75 Å². The molecule has 2 aromatic rings. The number of benzene rings is 2. The number of nitrogens with zero attached hydrogens (tertiary/aromatic N) is 1. The fraction of sp³-hybridized carbons (Fsp3) is 0.391. The van der Waals surface area contributed by atoms with E-state index in [9.17, 15) is 9.59 Å². The maximum absolute atomic E-state index is 12.6. The monoisotopic (exact) mass is 380 g/mol. The number of para-hydroxylation sites is 1. The van der Waals surface area contributed by atoms with E-state index in [2.05, 4.69) is 5.32 Å². The van der Waals surface area contributed by atoms with E-state index in [1.165, 1.54) is 0 Å². The van der Waals surface area contributed by atoms with Gasteiger partial charge in [0.25, 0.3) is 5.91 Å². The molecule has 0 bridgehead atoms. The van der Waals surface area contributed by atoms with Gasteiger partial charge in [0, 0.05) is 31.1 Å². The second-order valence-electron chi connectivity index (χ2n) is 7.04. The fourth-order valence-corrected chi connectivity index (χ4v) is 3.54. The van der Waals surface area contributed by atoms with E-state index >= 15 is 0 Å². The van der Waals surface area contributed by atoms with Gasteiger partial charge in [-0.3, -0.25) is 9.59 Å². The third-order valence-electron chi connectivity index (χ3n) is 5.10. The number of piperidine rings is 1. The molecule has 0 aromatic heterocycles. The first-order chi connectivity index (χ1) is 13.7. The van der Waals surface area contributed by atoms with Gasteiger partial charge in [0.05, 0.1) is 6.61 Å². The van der Waals surface area contributed by atoms with E-state index in [0.717, 1.165) is 24.2 Å². The van der Waals surface area contributed by atoms with Crippen molar-refractivity contribution in [2.45, 2.75) is 38.6 Å². The van der Waals surface area contributed by atoms with Gasteiger partial charge in [-0.25, -0.2) is 0 Å². The highest BCUT2D eigenvalue weighted by Gasteiger charge is 2.24. The van der Waals surface area contributed by atoms with E-state index in [-0.39, 0.29) is 17.9 Å². The zero-order valence-corrected chi connectivity index (χ0v) is 16.4. The Balaban J connectivity index is 1.44. The highest BCUT2D eigenvalue weighted by molar-refractivity contribution is 5.94. The van der Waals surface area contributed by atoms with Gasteiger partial charge >= 0.3 is 0 Å². The lowest BCUT2D eigenvalue weighted by Crippen LogP contribution is -2.46. The summed E-state index contributed by atoms with van der Waals surface area (Å²) in [5.74, 6) is 0.983. The van der Waals surface area contributed by atoms with Crippen LogP contribution in [0.2, 0.25) is 0 Å². The summed E-state index contributed by atoms with van der Waals surface area (Å²) in [6.45, 7) is 3.95. The van der Waals surface area contributed by atoms with Crippen molar-refractivity contribution >= 4 is 11.8 Å². The lowest BCUT2D eigenvalue weighted by Gasteiger charge is -2.32. The molecule has 5 nitrogen and oxygen atoms in total. The predicted octanol–water partition coefficient (Wildman–Crippen LogP) is 3.44. The first-order valence-electron chi connectivity index (χ1n) is 10.0. The minimum Gasteiger partial charge on any atom is -0.494 e. The highest BCUT2D eigenvalue weighted by atomic mass is 16.5. The summed E-state index contributed by atoms with van der Waals surface area (Å²) in [4.78, 5) is 26.8. The third kappa shape index (κ3) is 5.35. The van der Waals surface area contributed by atoms with E-state index in [0.29, 0.717) is 38.1 Å². The number of nitrogens with one attached hydrogen (secondary N) is 1. The maximum atomic E-state index is 12.6. The summed E-state index contributed by atoms with van der Waals surface area (Å²) in [7, 11) is 0. The molecule has 1 fully saturated rings. The molecule has 0 unspecified atom stereocenters. The van der Waals surface area contributed by atoms with Crippen molar-refractivity contribution in [1.82, 2.24) is 10.2 Å². The van der Waals surface area contributed by atoms with Gasteiger partial charge < -0.3 is 15.0 Å². The molecule has 0 radical (unpaired) electrons. The predicted molar refractivity (Wildman–Crippen MR) is 109 cm³/mol. The molecule has 1 N–H and O–H groups in total. The molecule has 0 saturated carbocycles. The SMILES string of the molecule is CCOc1ccccc1CCC(=O)N1CCC(NC(=O)c2ccccc2)CC1. The molecule has 1 heterocycles. The normalized spacial score (nSPS) is 14.5. The number of carbonyl (C=O) groups is 2. The Morgan fingerprint density at radius 2 is 1.71 bits per heavy atom. The van der Waals surface area contributed by atoms with Crippen molar-refractivity contribution in [3.05, 3.63) is 65.7 Å². The van der Waals surface area contributed by atoms with Crippen LogP contribution in [0.3, 0.4) is 0 Å². The Hall–Kier alpha value is -2.82. The van der Waals surface area contributed by atoms with E-state index in [1.54, 1.807) is 0 Å². The number of amides is 2. The molecular weight excluding hydrogens is 352 g/mol. The van der Waals surface area contributed by atoms with Gasteiger partial charge in [0.15, 0.2) is 0 Å². The van der Waals surface area contributed by atoms with Crippen LogP contribution in [-0.2, 0) is 11.2 Å². The lowest BCUT2D eigenvalue weighted by atomic mass is 10.0. The van der Waals surface area contributed by atoms with Crippen molar-refractivity contribution in [2.75, 3.05) is 19.7 Å². The van der Waals surface area contributed by atoms with E-state index in [1.807, 2.05) is 66.4 Å². The second-order valence-corrected chi connectivity index (χ2v) is 7.04. The van der Waals surface area contributed by atoms with Crippen LogP contribution in [0.1, 0.15) is 42.1 Å². The molecule has 1 saturated heterocycles. The van der Waals surface area contributed by atoms with Crippen LogP contribution in [-0.4, -0.2) is 42.5 Å². The molecule has 1 aliphatic rings. The average Bonchev–Trinajstić information content (AvgIpc) is 2.74. The van der Waals surface area contributed by atoms with Crippen LogP contribution < -0.4 is 10.1 Å². The average molecular weight is 380 g/mol. The molecule has 0 aliphatic carbocycles. The molecule has 2 aromatic carbocycles. The summed E-state index contributed by atoms with van der Waals surface area (Å²) >= 11 is 0. The van der Waals surface area contributed by atoms with Crippen LogP contribution in [0.5, 0.6) is 5.75 Å². The quantitative estimate of drug-likeness (QED) is 0.800. The number of hydrogen-bond donors (Lipinski definition) is 1. The topological polar surface area (TPSA) is 58.6 Å². The Morgan fingerprint density at radius 3 is 2.43 bits per heavy atom. The van der Waals surface area contributed by atoms with Crippen LogP contribution in [0, 0.1) is 0 Å². The summed E-state index contributed by atoms with van der Waals surface area (Å²) in [5, 5.41) is 3.08. The lowest BCUT2D eigenvalue weighted by molar-refractivity contribution is -0.132. The standard InChI is InChI=1S/C23H28N2O3/c1-2-28-21-11-7-6-8-18(21)12-13-22(26)25-16-14-20(15-17-25)24-23(27)19-9-4-3-5-10-19/h3-11,20H,2,12-17H2,1H3,(H,24,27). The summed E-state index contributed by atoms with van der Waals surface area (Å²) in [6, 6.07) is 17.3. The smallest absolute Gasteiger partial charge is 0.251 e. The molecule has 148 valence electrons. The molecular formula is C23H28N2O3. The minimum absolute atomic E-state index is 0.0436. The van der Waals surface area contributed by atoms with Gasteiger partial charge in [-0.05, 0) is 49.9 Å². The number of ether oxygens (including phenoxy) is 1. The number of carbonyl (C=O) groups excluding carboxylic acids is 2. The number of rotatable bonds is 7. The zero-order valence-electron chi connectivity index (χ0n) is 16.4. The summed E-state index contributed by atoms with van der Waals surface area (Å²) < 4.78 is 5.64. The molecule has 1 aliphatic heterocycles. The Morgan fingerprint density at radius 1 is 1.04 bits per heavy atom. The molecule has 5 heteroatoms. The number of aryl methyl sites for hydroxylation is 1. The van der Waals surface area contributed by atoms with Crippen LogP contribution >= 0.6 is 0 Å². The van der Waals surface area contributed by atoms with Crippen molar-refractivity contribution in [1.29, 1.82) is 0 Å². The number of likely N-dealkylation sites (tertiary alicyclic amines) is 1. The Labute approximate surface area is 166 Å². The molecule has 0 spiro atoms. The van der Waals surface area contributed by atoms with Crippen molar-refractivity contribution in [3.63, 3.8) is 0 Å². The molecule has 2 amide bonds. The molecule has 28 heavy (non-hydrogen) atoms. The van der Waals surface area contributed by atoms with Crippen molar-refractivity contribution in [3.8, 4) is 5.75 Å². The van der Waals surface area contributed by atoms with Crippen LogP contribution in [0.4, 0.5) is 0 Å². The van der Waals surface area contributed by atoms with Gasteiger partial charge in [-0.1, -0.05) is 36.4 Å². The second kappa shape index (κ2) is 9.93. The largest absolute Gasteiger partial charge is 0.494 e. The Bertz CT molecular complexity index is 783. The highest BCUT2D eigenvalue weighted by Crippen LogP contribution is 2.20. The first-order valence-corrected chi connectivity index (χ1v) is 10.0. The summed E-state index contributed by atoms with van der Waals surface area (Å²) in [6.07, 6.45) is 2.74. The van der Waals surface area contributed by atoms with Crippen LogP contribution in [0.25, 0.3) is 0 Å². The first kappa shape index (κ1) is 19.9. The van der Waals surface area contributed by atoms with Gasteiger partial charge in [-0.15, -0.1) is 0 Å². The van der Waals surface area contributed by atoms with Crippen LogP contribution in [0.15, 0.2) is 54.6 Å². The fourth-order valence-electron chi connectivity index (χ4n) is 3.54. The van der Waals surface area contributed by atoms with Gasteiger partial charge in [0.2, 0.25) is 5.91 Å². The Kier molecular flexibility index (Phi) is 7.06. The van der Waals surface area contributed by atoms with E-state index < -0.39 is 0 Å². The van der Waals surface area contributed by atoms with E-state index in [4.69, 9.17) is 4.74 Å². The van der Waals surface area contributed by atoms with Crippen molar-refractivity contribution in [2.24, 2.45) is 0 Å². The maximum Gasteiger partial charge on any atom is 0.251 e. The van der Waals surface area contributed by atoms with Gasteiger partial charge in [-0.2, -0.15) is 0 Å².